The maximum Gasteiger partial charge on any atom is 0.263 e. The van der Waals surface area contributed by atoms with Gasteiger partial charge in [-0.15, -0.1) is 0 Å². The van der Waals surface area contributed by atoms with Gasteiger partial charge in [-0.3, -0.25) is 9.59 Å². The number of hydrogen-bond acceptors (Lipinski definition) is 7. The van der Waals surface area contributed by atoms with Gasteiger partial charge in [0.1, 0.15) is 4.88 Å². The SMILES string of the molecule is CCNc1nc(C)c(C(=O)NCc2cc3c(nc2OC)CN(CC)C3=O)s1. The number of aryl methyl sites for hydroxylation is 1. The molecule has 0 atom stereocenters. The van der Waals surface area contributed by atoms with E-state index in [2.05, 4.69) is 20.6 Å². The van der Waals surface area contributed by atoms with Crippen LogP contribution in [0.3, 0.4) is 0 Å². The van der Waals surface area contributed by atoms with Gasteiger partial charge in [-0.05, 0) is 26.8 Å². The molecule has 3 rings (SSSR count). The number of amides is 2. The number of pyridine rings is 1. The second-order valence-corrected chi connectivity index (χ2v) is 7.12. The Bertz CT molecular complexity index is 880. The van der Waals surface area contributed by atoms with E-state index in [0.29, 0.717) is 46.4 Å². The molecule has 27 heavy (non-hydrogen) atoms. The first-order valence-corrected chi connectivity index (χ1v) is 9.65. The molecular weight excluding hydrogens is 366 g/mol. The Morgan fingerprint density at radius 3 is 2.81 bits per heavy atom. The third kappa shape index (κ3) is 3.73. The molecule has 0 fully saturated rings. The number of methoxy groups -OCH3 is 1. The molecule has 0 spiro atoms. The summed E-state index contributed by atoms with van der Waals surface area (Å²) in [6.07, 6.45) is 0. The third-order valence-electron chi connectivity index (χ3n) is 4.34. The normalized spacial score (nSPS) is 12.9. The number of nitrogens with one attached hydrogen (secondary N) is 2. The van der Waals surface area contributed by atoms with Gasteiger partial charge in [0.2, 0.25) is 5.88 Å². The van der Waals surface area contributed by atoms with Crippen molar-refractivity contribution in [1.29, 1.82) is 0 Å². The highest BCUT2D eigenvalue weighted by molar-refractivity contribution is 7.17. The summed E-state index contributed by atoms with van der Waals surface area (Å²) in [5.41, 5.74) is 2.64. The van der Waals surface area contributed by atoms with E-state index < -0.39 is 0 Å². The predicted octanol–water partition coefficient (Wildman–Crippen LogP) is 2.19. The maximum atomic E-state index is 12.5. The molecule has 0 aliphatic carbocycles. The summed E-state index contributed by atoms with van der Waals surface area (Å²) in [5.74, 6) is 0.177. The number of thiazole rings is 1. The van der Waals surface area contributed by atoms with Crippen molar-refractivity contribution < 1.29 is 14.3 Å². The number of ether oxygens (including phenoxy) is 1. The Hall–Kier alpha value is -2.68. The molecule has 9 heteroatoms. The Morgan fingerprint density at radius 2 is 2.15 bits per heavy atom. The zero-order valence-corrected chi connectivity index (χ0v) is 16.7. The lowest BCUT2D eigenvalue weighted by molar-refractivity contribution is 0.0786. The van der Waals surface area contributed by atoms with Gasteiger partial charge in [0.25, 0.3) is 11.8 Å². The van der Waals surface area contributed by atoms with E-state index in [1.165, 1.54) is 18.4 Å². The number of fused-ring (bicyclic) bond motifs is 1. The fraction of sp³-hybridized carbons (Fsp3) is 0.444. The molecule has 0 aromatic carbocycles. The monoisotopic (exact) mass is 389 g/mol. The minimum absolute atomic E-state index is 0.0381. The van der Waals surface area contributed by atoms with Gasteiger partial charge in [-0.25, -0.2) is 9.97 Å². The number of hydrogen-bond donors (Lipinski definition) is 2. The number of carbonyl (C=O) groups is 2. The predicted molar refractivity (Wildman–Crippen MR) is 103 cm³/mol. The average molecular weight is 389 g/mol. The molecule has 0 saturated heterocycles. The van der Waals surface area contributed by atoms with Crippen LogP contribution in [0, 0.1) is 6.92 Å². The van der Waals surface area contributed by atoms with Crippen molar-refractivity contribution in [3.05, 3.63) is 33.5 Å². The van der Waals surface area contributed by atoms with Gasteiger partial charge < -0.3 is 20.3 Å². The molecule has 3 heterocycles. The van der Waals surface area contributed by atoms with Crippen LogP contribution >= 0.6 is 11.3 Å². The van der Waals surface area contributed by atoms with E-state index in [1.807, 2.05) is 20.8 Å². The van der Waals surface area contributed by atoms with Crippen LogP contribution in [0.15, 0.2) is 6.07 Å². The van der Waals surface area contributed by atoms with Crippen LogP contribution < -0.4 is 15.4 Å². The summed E-state index contributed by atoms with van der Waals surface area (Å²) in [6.45, 7) is 7.79. The highest BCUT2D eigenvalue weighted by Gasteiger charge is 2.29. The lowest BCUT2D eigenvalue weighted by Gasteiger charge is -2.10. The van der Waals surface area contributed by atoms with Gasteiger partial charge in [0.05, 0.1) is 30.6 Å². The molecule has 8 nitrogen and oxygen atoms in total. The smallest absolute Gasteiger partial charge is 0.263 e. The van der Waals surface area contributed by atoms with Crippen LogP contribution in [-0.4, -0.2) is 46.9 Å². The Kier molecular flexibility index (Phi) is 5.59. The zero-order valence-electron chi connectivity index (χ0n) is 15.9. The Morgan fingerprint density at radius 1 is 1.37 bits per heavy atom. The maximum absolute atomic E-state index is 12.5. The lowest BCUT2D eigenvalue weighted by atomic mass is 10.1. The van der Waals surface area contributed by atoms with Crippen molar-refractivity contribution in [2.45, 2.75) is 33.9 Å². The van der Waals surface area contributed by atoms with Crippen molar-refractivity contribution in [3.63, 3.8) is 0 Å². The molecule has 2 aromatic heterocycles. The van der Waals surface area contributed by atoms with Crippen molar-refractivity contribution >= 4 is 28.3 Å². The zero-order chi connectivity index (χ0) is 19.6. The molecule has 144 valence electrons. The second-order valence-electron chi connectivity index (χ2n) is 6.12. The summed E-state index contributed by atoms with van der Waals surface area (Å²) in [5, 5.41) is 6.71. The molecule has 0 radical (unpaired) electrons. The number of nitrogens with zero attached hydrogens (tertiary/aromatic N) is 3. The van der Waals surface area contributed by atoms with Gasteiger partial charge in [0.15, 0.2) is 5.13 Å². The number of rotatable bonds is 7. The summed E-state index contributed by atoms with van der Waals surface area (Å²) >= 11 is 1.32. The van der Waals surface area contributed by atoms with E-state index in [0.717, 1.165) is 11.7 Å². The summed E-state index contributed by atoms with van der Waals surface area (Å²) < 4.78 is 5.36. The average Bonchev–Trinajstić information content (AvgIpc) is 3.18. The van der Waals surface area contributed by atoms with Crippen molar-refractivity contribution in [1.82, 2.24) is 20.2 Å². The first kappa shape index (κ1) is 19.1. The minimum atomic E-state index is -0.210. The number of carbonyl (C=O) groups excluding carboxylic acids is 2. The van der Waals surface area contributed by atoms with Crippen LogP contribution in [0.1, 0.15) is 50.8 Å². The molecule has 0 unspecified atom stereocenters. The van der Waals surface area contributed by atoms with Crippen LogP contribution in [0.25, 0.3) is 0 Å². The van der Waals surface area contributed by atoms with Crippen LogP contribution in [-0.2, 0) is 13.1 Å². The summed E-state index contributed by atoms with van der Waals surface area (Å²) in [7, 11) is 1.53. The van der Waals surface area contributed by atoms with Crippen LogP contribution in [0.5, 0.6) is 5.88 Å². The Balaban J connectivity index is 1.77. The van der Waals surface area contributed by atoms with E-state index in [9.17, 15) is 9.59 Å². The van der Waals surface area contributed by atoms with Gasteiger partial charge >= 0.3 is 0 Å². The van der Waals surface area contributed by atoms with Crippen LogP contribution in [0.2, 0.25) is 0 Å². The van der Waals surface area contributed by atoms with Gasteiger partial charge in [-0.1, -0.05) is 11.3 Å². The molecule has 2 N–H and O–H groups in total. The van der Waals surface area contributed by atoms with E-state index in [1.54, 1.807) is 11.0 Å². The lowest BCUT2D eigenvalue weighted by Crippen LogP contribution is -2.24. The second kappa shape index (κ2) is 7.91. The van der Waals surface area contributed by atoms with Crippen molar-refractivity contribution in [3.8, 4) is 5.88 Å². The topological polar surface area (TPSA) is 96.4 Å². The molecule has 1 aliphatic rings. The molecule has 0 bridgehead atoms. The number of aromatic nitrogens is 2. The van der Waals surface area contributed by atoms with E-state index in [4.69, 9.17) is 4.74 Å². The molecule has 1 aliphatic heterocycles. The van der Waals surface area contributed by atoms with Crippen molar-refractivity contribution in [2.24, 2.45) is 0 Å². The largest absolute Gasteiger partial charge is 0.481 e. The van der Waals surface area contributed by atoms with Gasteiger partial charge in [-0.2, -0.15) is 0 Å². The van der Waals surface area contributed by atoms with E-state index in [-0.39, 0.29) is 18.4 Å². The number of anilines is 1. The first-order chi connectivity index (χ1) is 13.0. The Labute approximate surface area is 162 Å². The van der Waals surface area contributed by atoms with Crippen molar-refractivity contribution in [2.75, 3.05) is 25.5 Å². The third-order valence-corrected chi connectivity index (χ3v) is 5.46. The van der Waals surface area contributed by atoms with E-state index >= 15 is 0 Å². The summed E-state index contributed by atoms with van der Waals surface area (Å²) in [6, 6.07) is 1.77. The molecule has 2 aromatic rings. The highest BCUT2D eigenvalue weighted by atomic mass is 32.1. The minimum Gasteiger partial charge on any atom is -0.481 e. The fourth-order valence-corrected chi connectivity index (χ4v) is 3.90. The highest BCUT2D eigenvalue weighted by Crippen LogP contribution is 2.27. The fourth-order valence-electron chi connectivity index (χ4n) is 2.95. The first-order valence-electron chi connectivity index (χ1n) is 8.84. The quantitative estimate of drug-likeness (QED) is 0.754. The molecular formula is C18H23N5O3S. The standard InChI is InChI=1S/C18H23N5O3S/c1-5-19-18-21-10(3)14(27-18)15(24)20-8-11-7-12-13(22-16(11)26-4)9-23(6-2)17(12)25/h7H,5-6,8-9H2,1-4H3,(H,19,21)(H,20,24). The van der Waals surface area contributed by atoms with Gasteiger partial charge in [0, 0.05) is 25.2 Å². The summed E-state index contributed by atoms with van der Waals surface area (Å²) in [4.78, 5) is 36.0. The van der Waals surface area contributed by atoms with Crippen LogP contribution in [0.4, 0.5) is 5.13 Å². The molecule has 0 saturated carbocycles. The molecule has 2 amide bonds.